The minimum atomic E-state index is -0.563. The van der Waals surface area contributed by atoms with E-state index < -0.39 is 17.4 Å². The molecule has 2 aliphatic heterocycles. The number of benzene rings is 1. The van der Waals surface area contributed by atoms with Crippen LogP contribution >= 0.6 is 0 Å². The van der Waals surface area contributed by atoms with Crippen LogP contribution in [0.2, 0.25) is 0 Å². The summed E-state index contributed by atoms with van der Waals surface area (Å²) < 4.78 is 16.4. The van der Waals surface area contributed by atoms with E-state index in [9.17, 15) is 14.7 Å². The quantitative estimate of drug-likeness (QED) is 0.857. The van der Waals surface area contributed by atoms with Crippen LogP contribution in [-0.2, 0) is 11.2 Å². The first-order chi connectivity index (χ1) is 12.0. The number of aliphatic hydroxyl groups excluding tert-OH is 1. The molecule has 4 rings (SSSR count). The molecule has 0 aliphatic carbocycles. The molecule has 3 heterocycles. The molecule has 7 nitrogen and oxygen atoms in total. The number of hydrogen-bond acceptors (Lipinski definition) is 6. The molecule has 0 radical (unpaired) electrons. The van der Waals surface area contributed by atoms with E-state index in [0.29, 0.717) is 23.7 Å². The Balaban J connectivity index is 1.56. The third-order valence-corrected chi connectivity index (χ3v) is 4.23. The molecule has 0 bridgehead atoms. The largest absolute Gasteiger partial charge is 0.503 e. The Morgan fingerprint density at radius 1 is 1.24 bits per heavy atom. The van der Waals surface area contributed by atoms with Crippen molar-refractivity contribution in [3.8, 4) is 11.5 Å². The monoisotopic (exact) mass is 341 g/mol. The zero-order chi connectivity index (χ0) is 17.6. The second-order valence-electron chi connectivity index (χ2n) is 5.91. The Morgan fingerprint density at radius 3 is 2.84 bits per heavy atom. The Morgan fingerprint density at radius 2 is 2.08 bits per heavy atom. The predicted octanol–water partition coefficient (Wildman–Crippen LogP) is 2.07. The number of Topliss-reactive ketones (excluding diaryl/α,β-unsaturated/α-hetero) is 1. The zero-order valence-electron chi connectivity index (χ0n) is 13.4. The normalized spacial score (nSPS) is 16.0. The number of fused-ring (bicyclic) bond motifs is 1. The molecule has 0 saturated carbocycles. The lowest BCUT2D eigenvalue weighted by Gasteiger charge is -2.06. The Kier molecular flexibility index (Phi) is 3.49. The van der Waals surface area contributed by atoms with Crippen molar-refractivity contribution in [2.75, 3.05) is 20.4 Å². The van der Waals surface area contributed by atoms with Crippen molar-refractivity contribution in [2.45, 2.75) is 6.42 Å². The zero-order valence-corrected chi connectivity index (χ0v) is 13.4. The van der Waals surface area contributed by atoms with Gasteiger partial charge >= 0.3 is 0 Å². The van der Waals surface area contributed by atoms with Crippen molar-refractivity contribution in [3.63, 3.8) is 0 Å². The van der Waals surface area contributed by atoms with Gasteiger partial charge in [-0.2, -0.15) is 0 Å². The molecule has 0 unspecified atom stereocenters. The molecular formula is C18H15NO6. The molecule has 0 saturated heterocycles. The summed E-state index contributed by atoms with van der Waals surface area (Å²) in [6.45, 7) is 0.250. The van der Waals surface area contributed by atoms with Gasteiger partial charge in [0, 0.05) is 19.0 Å². The molecule has 2 aliphatic rings. The first-order valence-corrected chi connectivity index (χ1v) is 7.73. The molecule has 1 amide bonds. The highest BCUT2D eigenvalue weighted by atomic mass is 16.7. The van der Waals surface area contributed by atoms with Crippen LogP contribution in [-0.4, -0.2) is 42.1 Å². The summed E-state index contributed by atoms with van der Waals surface area (Å²) >= 11 is 0. The molecule has 0 spiro atoms. The van der Waals surface area contributed by atoms with Crippen LogP contribution in [0.4, 0.5) is 0 Å². The lowest BCUT2D eigenvalue weighted by atomic mass is 10.1. The average molecular weight is 341 g/mol. The number of ketones is 1. The molecule has 0 fully saturated rings. The van der Waals surface area contributed by atoms with Crippen LogP contribution in [0.25, 0.3) is 0 Å². The van der Waals surface area contributed by atoms with Gasteiger partial charge in [-0.05, 0) is 18.2 Å². The molecule has 7 heteroatoms. The van der Waals surface area contributed by atoms with Crippen molar-refractivity contribution < 1.29 is 28.6 Å². The maximum absolute atomic E-state index is 12.5. The number of hydrogen-bond donors (Lipinski definition) is 1. The number of likely N-dealkylation sites (N-methyl/N-ethyl adjacent to an activating group) is 1. The number of amides is 1. The van der Waals surface area contributed by atoms with Crippen LogP contribution < -0.4 is 9.47 Å². The predicted molar refractivity (Wildman–Crippen MR) is 85.7 cm³/mol. The van der Waals surface area contributed by atoms with Gasteiger partial charge in [0.25, 0.3) is 5.91 Å². The van der Waals surface area contributed by atoms with Crippen molar-refractivity contribution in [2.24, 2.45) is 0 Å². The van der Waals surface area contributed by atoms with Gasteiger partial charge in [0.15, 0.2) is 23.0 Å². The van der Waals surface area contributed by atoms with Crippen molar-refractivity contribution >= 4 is 11.7 Å². The first-order valence-electron chi connectivity index (χ1n) is 7.73. The third-order valence-electron chi connectivity index (χ3n) is 4.23. The minimum Gasteiger partial charge on any atom is -0.503 e. The minimum absolute atomic E-state index is 0.0470. The van der Waals surface area contributed by atoms with Crippen LogP contribution in [0.3, 0.4) is 0 Å². The second-order valence-corrected chi connectivity index (χ2v) is 5.91. The van der Waals surface area contributed by atoms with Gasteiger partial charge in [0.2, 0.25) is 12.6 Å². The molecule has 25 heavy (non-hydrogen) atoms. The van der Waals surface area contributed by atoms with Crippen LogP contribution in [0, 0.1) is 0 Å². The fraction of sp³-hybridized carbons (Fsp3) is 0.222. The molecule has 0 atom stereocenters. The molecule has 1 aromatic carbocycles. The van der Waals surface area contributed by atoms with Gasteiger partial charge in [-0.15, -0.1) is 0 Å². The highest BCUT2D eigenvalue weighted by Crippen LogP contribution is 2.36. The molecule has 128 valence electrons. The van der Waals surface area contributed by atoms with E-state index in [4.69, 9.17) is 13.9 Å². The summed E-state index contributed by atoms with van der Waals surface area (Å²) in [5, 5.41) is 9.80. The first kappa shape index (κ1) is 15.3. The van der Waals surface area contributed by atoms with E-state index in [0.717, 1.165) is 5.56 Å². The summed E-state index contributed by atoms with van der Waals surface area (Å²) in [5.41, 5.74) is 0.937. The summed E-state index contributed by atoms with van der Waals surface area (Å²) in [4.78, 5) is 25.4. The van der Waals surface area contributed by atoms with E-state index >= 15 is 0 Å². The maximum Gasteiger partial charge on any atom is 0.289 e. The molecule has 1 N–H and O–H groups in total. The highest BCUT2D eigenvalue weighted by Gasteiger charge is 2.33. The molecular weight excluding hydrogens is 326 g/mol. The topological polar surface area (TPSA) is 89.2 Å². The maximum atomic E-state index is 12.5. The van der Waals surface area contributed by atoms with E-state index in [1.54, 1.807) is 12.1 Å². The second kappa shape index (κ2) is 5.70. The average Bonchev–Trinajstić information content (AvgIpc) is 3.31. The van der Waals surface area contributed by atoms with Gasteiger partial charge in [-0.25, -0.2) is 0 Å². The van der Waals surface area contributed by atoms with E-state index in [2.05, 4.69) is 0 Å². The van der Waals surface area contributed by atoms with Crippen LogP contribution in [0.15, 0.2) is 46.1 Å². The summed E-state index contributed by atoms with van der Waals surface area (Å²) in [7, 11) is 1.52. The highest BCUT2D eigenvalue weighted by molar-refractivity contribution is 6.14. The van der Waals surface area contributed by atoms with Gasteiger partial charge in [0.1, 0.15) is 5.76 Å². The number of carbonyl (C=O) groups is 2. The molecule has 1 aromatic heterocycles. The van der Waals surface area contributed by atoms with Crippen LogP contribution in [0.5, 0.6) is 11.5 Å². The Labute approximate surface area is 143 Å². The van der Waals surface area contributed by atoms with E-state index in [1.807, 2.05) is 18.2 Å². The standard InChI is InChI=1S/C18H15NO6/c1-19-8-12(16(21)18(19)22)15(20)13-6-5-11(25-13)7-10-3-2-4-14-17(10)24-9-23-14/h2-6,21H,7-9H2,1H3. The number of rotatable bonds is 4. The molecule has 2 aromatic rings. The number of para-hydroxylation sites is 1. The van der Waals surface area contributed by atoms with E-state index in [1.165, 1.54) is 11.9 Å². The smallest absolute Gasteiger partial charge is 0.289 e. The van der Waals surface area contributed by atoms with E-state index in [-0.39, 0.29) is 24.7 Å². The number of ether oxygens (including phenoxy) is 2. The summed E-state index contributed by atoms with van der Waals surface area (Å²) in [6, 6.07) is 8.82. The third kappa shape index (κ3) is 2.53. The lowest BCUT2D eigenvalue weighted by molar-refractivity contribution is -0.126. The van der Waals surface area contributed by atoms with Crippen LogP contribution in [0.1, 0.15) is 21.9 Å². The lowest BCUT2D eigenvalue weighted by Crippen LogP contribution is -2.22. The van der Waals surface area contributed by atoms with Gasteiger partial charge in [-0.1, -0.05) is 12.1 Å². The van der Waals surface area contributed by atoms with Gasteiger partial charge in [0.05, 0.1) is 12.1 Å². The SMILES string of the molecule is CN1CC(C(=O)c2ccc(Cc3cccc4c3OCO4)o2)=C(O)C1=O. The van der Waals surface area contributed by atoms with Crippen molar-refractivity contribution in [1.29, 1.82) is 0 Å². The van der Waals surface area contributed by atoms with Crippen molar-refractivity contribution in [3.05, 3.63) is 58.7 Å². The summed E-state index contributed by atoms with van der Waals surface area (Å²) in [6.07, 6.45) is 0.434. The fourth-order valence-corrected chi connectivity index (χ4v) is 2.93. The van der Waals surface area contributed by atoms with Gasteiger partial charge < -0.3 is 23.9 Å². The number of carbonyl (C=O) groups excluding carboxylic acids is 2. The Hall–Kier alpha value is -3.22. The number of furan rings is 1. The summed E-state index contributed by atoms with van der Waals surface area (Å²) in [5.74, 6) is 0.454. The van der Waals surface area contributed by atoms with Gasteiger partial charge in [-0.3, -0.25) is 9.59 Å². The number of nitrogens with zero attached hydrogens (tertiary/aromatic N) is 1. The fourth-order valence-electron chi connectivity index (χ4n) is 2.93. The van der Waals surface area contributed by atoms with Crippen molar-refractivity contribution in [1.82, 2.24) is 4.90 Å². The Bertz CT molecular complexity index is 910. The number of aliphatic hydroxyl groups is 1.